The predicted molar refractivity (Wildman–Crippen MR) is 73.9 cm³/mol. The Bertz CT molecular complexity index is 463. The second kappa shape index (κ2) is 4.20. The highest BCUT2D eigenvalue weighted by molar-refractivity contribution is 6.03. The van der Waals surface area contributed by atoms with Gasteiger partial charge in [-0.15, -0.1) is 0 Å². The first-order valence-electron chi connectivity index (χ1n) is 6.90. The van der Waals surface area contributed by atoms with E-state index in [1.165, 1.54) is 5.56 Å². The van der Waals surface area contributed by atoms with Crippen molar-refractivity contribution in [3.8, 4) is 0 Å². The molecule has 1 fully saturated rings. The first kappa shape index (κ1) is 11.9. The van der Waals surface area contributed by atoms with Crippen molar-refractivity contribution in [2.24, 2.45) is 16.8 Å². The maximum absolute atomic E-state index is 10.2. The minimum atomic E-state index is -0.204. The molecule has 3 unspecified atom stereocenters. The molecule has 3 atom stereocenters. The Morgan fingerprint density at radius 1 is 1.17 bits per heavy atom. The fourth-order valence-electron chi connectivity index (χ4n) is 3.65. The molecule has 0 aromatic heterocycles. The van der Waals surface area contributed by atoms with Crippen LogP contribution in [0, 0.1) is 11.8 Å². The van der Waals surface area contributed by atoms with Crippen molar-refractivity contribution in [2.75, 3.05) is 0 Å². The van der Waals surface area contributed by atoms with Gasteiger partial charge in [-0.25, -0.2) is 0 Å². The van der Waals surface area contributed by atoms with Gasteiger partial charge >= 0.3 is 0 Å². The molecule has 2 heteroatoms. The molecule has 0 spiro atoms. The third kappa shape index (κ3) is 1.99. The van der Waals surface area contributed by atoms with Gasteiger partial charge in [-0.05, 0) is 44.6 Å². The first-order valence-corrected chi connectivity index (χ1v) is 6.90. The van der Waals surface area contributed by atoms with E-state index in [0.717, 1.165) is 25.0 Å². The maximum atomic E-state index is 10.2. The van der Waals surface area contributed by atoms with Crippen LogP contribution >= 0.6 is 0 Å². The molecule has 0 amide bonds. The van der Waals surface area contributed by atoms with E-state index in [2.05, 4.69) is 38.1 Å². The summed E-state index contributed by atoms with van der Waals surface area (Å²) in [5, 5.41) is 10.2. The maximum Gasteiger partial charge on any atom is 0.0626 e. The molecule has 1 aromatic rings. The summed E-state index contributed by atoms with van der Waals surface area (Å²) in [6, 6.07) is 10.4. The highest BCUT2D eigenvalue weighted by atomic mass is 16.3. The summed E-state index contributed by atoms with van der Waals surface area (Å²) in [7, 11) is 0. The Kier molecular flexibility index (Phi) is 2.78. The number of aliphatic imine (C=N–C) groups is 1. The molecule has 0 saturated heterocycles. The fourth-order valence-corrected chi connectivity index (χ4v) is 3.65. The predicted octanol–water partition coefficient (Wildman–Crippen LogP) is 3.05. The second-order valence-corrected chi connectivity index (χ2v) is 6.31. The van der Waals surface area contributed by atoms with Crippen LogP contribution in [0.5, 0.6) is 0 Å². The van der Waals surface area contributed by atoms with Crippen molar-refractivity contribution >= 4 is 5.71 Å². The Morgan fingerprint density at radius 2 is 1.89 bits per heavy atom. The van der Waals surface area contributed by atoms with Crippen LogP contribution < -0.4 is 0 Å². The number of hydrogen-bond donors (Lipinski definition) is 1. The van der Waals surface area contributed by atoms with Crippen molar-refractivity contribution in [3.05, 3.63) is 35.9 Å². The summed E-state index contributed by atoms with van der Waals surface area (Å²) < 4.78 is 0. The lowest BCUT2D eigenvalue weighted by molar-refractivity contribution is 0.140. The second-order valence-electron chi connectivity index (χ2n) is 6.31. The summed E-state index contributed by atoms with van der Waals surface area (Å²) in [6.45, 7) is 4.41. The summed E-state index contributed by atoms with van der Waals surface area (Å²) in [5.41, 5.74) is 2.32. The van der Waals surface area contributed by atoms with Crippen LogP contribution in [0.25, 0.3) is 0 Å². The zero-order chi connectivity index (χ0) is 12.8. The molecule has 96 valence electrons. The molecule has 1 aliphatic heterocycles. The SMILES string of the molecule is CC1(C)CC2CCC(O)C2C(c2ccccc2)=N1. The topological polar surface area (TPSA) is 32.6 Å². The molecule has 3 rings (SSSR count). The van der Waals surface area contributed by atoms with Gasteiger partial charge < -0.3 is 5.11 Å². The van der Waals surface area contributed by atoms with Gasteiger partial charge in [0.05, 0.1) is 11.6 Å². The van der Waals surface area contributed by atoms with Crippen LogP contribution in [0.1, 0.15) is 38.7 Å². The minimum absolute atomic E-state index is 0.0103. The Hall–Kier alpha value is -1.15. The Balaban J connectivity index is 2.06. The largest absolute Gasteiger partial charge is 0.392 e. The van der Waals surface area contributed by atoms with Gasteiger partial charge in [0.15, 0.2) is 0 Å². The van der Waals surface area contributed by atoms with Gasteiger partial charge in [0.1, 0.15) is 0 Å². The highest BCUT2D eigenvalue weighted by Crippen LogP contribution is 2.44. The summed E-state index contributed by atoms with van der Waals surface area (Å²) in [6.07, 6.45) is 2.97. The number of benzene rings is 1. The zero-order valence-electron chi connectivity index (χ0n) is 11.1. The molecule has 18 heavy (non-hydrogen) atoms. The van der Waals surface area contributed by atoms with E-state index < -0.39 is 0 Å². The average Bonchev–Trinajstić information content (AvgIpc) is 2.69. The Labute approximate surface area is 109 Å². The van der Waals surface area contributed by atoms with E-state index >= 15 is 0 Å². The lowest BCUT2D eigenvalue weighted by Crippen LogP contribution is -2.39. The van der Waals surface area contributed by atoms with Crippen molar-refractivity contribution in [3.63, 3.8) is 0 Å². The van der Waals surface area contributed by atoms with Crippen molar-refractivity contribution in [1.29, 1.82) is 0 Å². The van der Waals surface area contributed by atoms with Gasteiger partial charge in [0.2, 0.25) is 0 Å². The third-order valence-electron chi connectivity index (χ3n) is 4.33. The smallest absolute Gasteiger partial charge is 0.0626 e. The molecular weight excluding hydrogens is 222 g/mol. The van der Waals surface area contributed by atoms with Gasteiger partial charge in [0, 0.05) is 11.6 Å². The molecule has 0 bridgehead atoms. The third-order valence-corrected chi connectivity index (χ3v) is 4.33. The molecule has 2 nitrogen and oxygen atoms in total. The van der Waals surface area contributed by atoms with Crippen LogP contribution in [0.3, 0.4) is 0 Å². The van der Waals surface area contributed by atoms with Crippen LogP contribution in [0.15, 0.2) is 35.3 Å². The normalized spacial score (nSPS) is 33.9. The van der Waals surface area contributed by atoms with E-state index in [0.29, 0.717) is 5.92 Å². The zero-order valence-corrected chi connectivity index (χ0v) is 11.1. The van der Waals surface area contributed by atoms with Crippen molar-refractivity contribution < 1.29 is 5.11 Å². The molecular formula is C16H21NO. The molecule has 1 aliphatic carbocycles. The van der Waals surface area contributed by atoms with E-state index in [4.69, 9.17) is 4.99 Å². The monoisotopic (exact) mass is 243 g/mol. The molecule has 1 saturated carbocycles. The van der Waals surface area contributed by atoms with Crippen LogP contribution in [0.2, 0.25) is 0 Å². The number of hydrogen-bond acceptors (Lipinski definition) is 2. The van der Waals surface area contributed by atoms with Gasteiger partial charge in [0.25, 0.3) is 0 Å². The number of aliphatic hydroxyl groups excluding tert-OH is 1. The summed E-state index contributed by atoms with van der Waals surface area (Å²) >= 11 is 0. The van der Waals surface area contributed by atoms with Crippen molar-refractivity contribution in [1.82, 2.24) is 0 Å². The average molecular weight is 243 g/mol. The first-order chi connectivity index (χ1) is 8.57. The van der Waals surface area contributed by atoms with Gasteiger partial charge in [-0.2, -0.15) is 0 Å². The highest BCUT2D eigenvalue weighted by Gasteiger charge is 2.44. The molecule has 2 aliphatic rings. The number of fused-ring (bicyclic) bond motifs is 1. The molecule has 1 aromatic carbocycles. The van der Waals surface area contributed by atoms with E-state index in [-0.39, 0.29) is 17.6 Å². The summed E-state index contributed by atoms with van der Waals surface area (Å²) in [5.74, 6) is 0.850. The van der Waals surface area contributed by atoms with Crippen molar-refractivity contribution in [2.45, 2.75) is 44.8 Å². The number of rotatable bonds is 1. The molecule has 1 heterocycles. The van der Waals surface area contributed by atoms with E-state index in [1.807, 2.05) is 6.07 Å². The van der Waals surface area contributed by atoms with Crippen LogP contribution in [-0.4, -0.2) is 22.5 Å². The lowest BCUT2D eigenvalue weighted by Gasteiger charge is -2.36. The van der Waals surface area contributed by atoms with E-state index in [1.54, 1.807) is 0 Å². The summed E-state index contributed by atoms with van der Waals surface area (Å²) in [4.78, 5) is 4.93. The standard InChI is InChI=1S/C16H21NO/c1-16(2)10-12-8-9-13(18)14(12)15(17-16)11-6-4-3-5-7-11/h3-7,12-14,18H,8-10H2,1-2H3. The quantitative estimate of drug-likeness (QED) is 0.808. The molecule has 1 N–H and O–H groups in total. The Morgan fingerprint density at radius 3 is 2.61 bits per heavy atom. The number of aliphatic hydroxyl groups is 1. The van der Waals surface area contributed by atoms with E-state index in [9.17, 15) is 5.11 Å². The fraction of sp³-hybridized carbons (Fsp3) is 0.562. The minimum Gasteiger partial charge on any atom is -0.392 e. The molecule has 0 radical (unpaired) electrons. The van der Waals surface area contributed by atoms with Crippen LogP contribution in [-0.2, 0) is 0 Å². The van der Waals surface area contributed by atoms with Crippen LogP contribution in [0.4, 0.5) is 0 Å². The number of nitrogens with zero attached hydrogens (tertiary/aromatic N) is 1. The van der Waals surface area contributed by atoms with Gasteiger partial charge in [-0.3, -0.25) is 4.99 Å². The lowest BCUT2D eigenvalue weighted by atomic mass is 9.76. The van der Waals surface area contributed by atoms with Gasteiger partial charge in [-0.1, -0.05) is 30.3 Å².